The molecule has 36 heavy (non-hydrogen) atoms. The number of pyridine rings is 1. The first-order chi connectivity index (χ1) is 17.3. The second kappa shape index (κ2) is 10.0. The first-order valence-corrected chi connectivity index (χ1v) is 12.3. The van der Waals surface area contributed by atoms with Crippen LogP contribution in [0.3, 0.4) is 0 Å². The number of fused-ring (bicyclic) bond motifs is 1. The van der Waals surface area contributed by atoms with Gasteiger partial charge in [-0.05, 0) is 61.7 Å². The van der Waals surface area contributed by atoms with Crippen LogP contribution >= 0.6 is 0 Å². The summed E-state index contributed by atoms with van der Waals surface area (Å²) in [6, 6.07) is 10.0. The third-order valence-corrected chi connectivity index (χ3v) is 6.99. The lowest BCUT2D eigenvalue weighted by atomic mass is 10.0. The van der Waals surface area contributed by atoms with Crippen molar-refractivity contribution in [1.82, 2.24) is 4.98 Å². The Bertz CT molecular complexity index is 1260. The van der Waals surface area contributed by atoms with Crippen LogP contribution < -0.4 is 14.5 Å². The van der Waals surface area contributed by atoms with Crippen LogP contribution in [0.5, 0.6) is 5.75 Å². The Hall–Kier alpha value is -3.26. The Labute approximate surface area is 209 Å². The van der Waals surface area contributed by atoms with E-state index in [1.807, 2.05) is 36.8 Å². The van der Waals surface area contributed by atoms with Crippen molar-refractivity contribution in [2.45, 2.75) is 38.8 Å². The van der Waals surface area contributed by atoms with E-state index in [4.69, 9.17) is 9.47 Å². The minimum atomic E-state index is -0.548. The van der Waals surface area contributed by atoms with Crippen molar-refractivity contribution in [3.8, 4) is 16.9 Å². The number of ether oxygens (including phenoxy) is 2. The molecule has 0 saturated carbocycles. The summed E-state index contributed by atoms with van der Waals surface area (Å²) in [5.41, 5.74) is 3.06. The first kappa shape index (κ1) is 24.4. The van der Waals surface area contributed by atoms with E-state index in [-0.39, 0.29) is 29.2 Å². The number of hydrogen-bond donors (Lipinski definition) is 0. The molecule has 1 aromatic heterocycles. The molecule has 1 saturated heterocycles. The molecule has 1 atom stereocenters. The summed E-state index contributed by atoms with van der Waals surface area (Å²) in [6.07, 6.45) is 2.32. The summed E-state index contributed by atoms with van der Waals surface area (Å²) < 4.78 is 55.7. The highest BCUT2D eigenvalue weighted by Gasteiger charge is 2.26. The van der Waals surface area contributed by atoms with Gasteiger partial charge in [0.2, 0.25) is 0 Å². The van der Waals surface area contributed by atoms with Crippen molar-refractivity contribution >= 4 is 11.4 Å². The van der Waals surface area contributed by atoms with Crippen LogP contribution in [0.4, 0.5) is 24.5 Å². The molecule has 1 unspecified atom stereocenters. The molecule has 0 spiro atoms. The number of hydrogen-bond acceptors (Lipinski definition) is 5. The third-order valence-electron chi connectivity index (χ3n) is 6.99. The van der Waals surface area contributed by atoms with Crippen LogP contribution in [0.1, 0.15) is 31.5 Å². The monoisotopic (exact) mass is 497 g/mol. The first-order valence-electron chi connectivity index (χ1n) is 12.3. The Kier molecular flexibility index (Phi) is 6.79. The Balaban J connectivity index is 1.42. The van der Waals surface area contributed by atoms with E-state index < -0.39 is 11.6 Å². The van der Waals surface area contributed by atoms with Crippen LogP contribution in [-0.4, -0.2) is 50.5 Å². The highest BCUT2D eigenvalue weighted by molar-refractivity contribution is 5.74. The van der Waals surface area contributed by atoms with Crippen molar-refractivity contribution in [3.05, 3.63) is 71.3 Å². The number of aromatic nitrogens is 1. The Morgan fingerprint density at radius 1 is 1.06 bits per heavy atom. The van der Waals surface area contributed by atoms with Gasteiger partial charge < -0.3 is 19.3 Å². The van der Waals surface area contributed by atoms with E-state index >= 15 is 0 Å². The molecule has 3 aromatic rings. The van der Waals surface area contributed by atoms with Gasteiger partial charge in [-0.1, -0.05) is 6.07 Å². The zero-order valence-electron chi connectivity index (χ0n) is 20.7. The van der Waals surface area contributed by atoms with Gasteiger partial charge in [-0.2, -0.15) is 0 Å². The van der Waals surface area contributed by atoms with Gasteiger partial charge in [-0.25, -0.2) is 13.2 Å². The predicted octanol–water partition coefficient (Wildman–Crippen LogP) is 5.59. The number of likely N-dealkylation sites (N-methyl/N-ethyl adjacent to an activating group) is 1. The maximum absolute atomic E-state index is 15.0. The second-order valence-corrected chi connectivity index (χ2v) is 9.69. The van der Waals surface area contributed by atoms with Gasteiger partial charge in [-0.3, -0.25) is 4.98 Å². The number of anilines is 2. The van der Waals surface area contributed by atoms with E-state index in [0.29, 0.717) is 61.0 Å². The fourth-order valence-electron chi connectivity index (χ4n) is 4.97. The zero-order chi connectivity index (χ0) is 25.4. The average molecular weight is 498 g/mol. The van der Waals surface area contributed by atoms with E-state index in [2.05, 4.69) is 4.98 Å². The predicted molar refractivity (Wildman–Crippen MR) is 134 cm³/mol. The summed E-state index contributed by atoms with van der Waals surface area (Å²) in [7, 11) is 1.87. The van der Waals surface area contributed by atoms with Crippen molar-refractivity contribution in [2.75, 3.05) is 43.2 Å². The van der Waals surface area contributed by atoms with E-state index in [1.165, 1.54) is 12.1 Å². The van der Waals surface area contributed by atoms with Crippen LogP contribution in [-0.2, 0) is 11.2 Å². The van der Waals surface area contributed by atoms with Gasteiger partial charge in [0.15, 0.2) is 11.6 Å². The maximum Gasteiger partial charge on any atom is 0.178 e. The van der Waals surface area contributed by atoms with E-state index in [1.54, 1.807) is 18.2 Å². The summed E-state index contributed by atoms with van der Waals surface area (Å²) in [4.78, 5) is 8.17. The molecule has 190 valence electrons. The van der Waals surface area contributed by atoms with Crippen molar-refractivity contribution in [3.63, 3.8) is 0 Å². The van der Waals surface area contributed by atoms with E-state index in [0.717, 1.165) is 12.6 Å². The fourth-order valence-corrected chi connectivity index (χ4v) is 4.97. The van der Waals surface area contributed by atoms with Crippen LogP contribution in [0.15, 0.2) is 42.6 Å². The lowest BCUT2D eigenvalue weighted by Gasteiger charge is -2.35. The molecular weight excluding hydrogens is 467 g/mol. The minimum absolute atomic E-state index is 0.137. The SMILES string of the molecule is CC(C)N1CCOc2c(F)cc(-c3cc(Cc4ccc(N(C)C5CCOC5)c(F)c4)ncc3F)cc21. The molecule has 2 aliphatic heterocycles. The highest BCUT2D eigenvalue weighted by atomic mass is 19.1. The fraction of sp³-hybridized carbons (Fsp3) is 0.393. The van der Waals surface area contributed by atoms with Crippen LogP contribution in [0.2, 0.25) is 0 Å². The van der Waals surface area contributed by atoms with Gasteiger partial charge in [0.05, 0.1) is 36.8 Å². The Morgan fingerprint density at radius 2 is 1.89 bits per heavy atom. The molecule has 3 heterocycles. The summed E-state index contributed by atoms with van der Waals surface area (Å²) >= 11 is 0. The third kappa shape index (κ3) is 4.74. The smallest absolute Gasteiger partial charge is 0.178 e. The summed E-state index contributed by atoms with van der Waals surface area (Å²) in [5.74, 6) is -1.21. The average Bonchev–Trinajstić information content (AvgIpc) is 3.40. The topological polar surface area (TPSA) is 37.8 Å². The maximum atomic E-state index is 15.0. The van der Waals surface area contributed by atoms with Gasteiger partial charge in [0, 0.05) is 37.4 Å². The zero-order valence-corrected chi connectivity index (χ0v) is 20.7. The number of benzene rings is 2. The number of halogens is 3. The molecular formula is C28H30F3N3O2. The standard InChI is InChI=1S/C28H30F3N3O2/c1-17(2)34-7-9-36-28-24(30)12-19(13-27(28)34)22-14-20(32-15-25(22)31)10-18-4-5-26(23(29)11-18)33(3)21-6-8-35-16-21/h4-5,11-15,17,21H,6-10,16H2,1-3H3. The van der Waals surface area contributed by atoms with Crippen molar-refractivity contribution in [2.24, 2.45) is 0 Å². The molecule has 0 bridgehead atoms. The number of nitrogens with zero attached hydrogens (tertiary/aromatic N) is 3. The lowest BCUT2D eigenvalue weighted by Crippen LogP contribution is -2.38. The van der Waals surface area contributed by atoms with Gasteiger partial charge in [-0.15, -0.1) is 0 Å². The lowest BCUT2D eigenvalue weighted by molar-refractivity contribution is 0.193. The van der Waals surface area contributed by atoms with Gasteiger partial charge in [0.25, 0.3) is 0 Å². The molecule has 0 N–H and O–H groups in total. The molecule has 0 aliphatic carbocycles. The Morgan fingerprint density at radius 3 is 2.61 bits per heavy atom. The van der Waals surface area contributed by atoms with Crippen LogP contribution in [0, 0.1) is 17.5 Å². The molecule has 1 fully saturated rings. The normalized spacial score (nSPS) is 17.3. The van der Waals surface area contributed by atoms with Gasteiger partial charge >= 0.3 is 0 Å². The highest BCUT2D eigenvalue weighted by Crippen LogP contribution is 2.40. The van der Waals surface area contributed by atoms with Crippen molar-refractivity contribution < 1.29 is 22.6 Å². The number of rotatable bonds is 6. The molecule has 2 aliphatic rings. The molecule has 2 aromatic carbocycles. The summed E-state index contributed by atoms with van der Waals surface area (Å²) in [5, 5.41) is 0. The van der Waals surface area contributed by atoms with Gasteiger partial charge in [0.1, 0.15) is 18.2 Å². The van der Waals surface area contributed by atoms with Crippen LogP contribution in [0.25, 0.3) is 11.1 Å². The van der Waals surface area contributed by atoms with E-state index in [9.17, 15) is 13.2 Å². The second-order valence-electron chi connectivity index (χ2n) is 9.69. The molecule has 8 heteroatoms. The molecule has 5 rings (SSSR count). The minimum Gasteiger partial charge on any atom is -0.486 e. The van der Waals surface area contributed by atoms with Crippen molar-refractivity contribution in [1.29, 1.82) is 0 Å². The molecule has 5 nitrogen and oxygen atoms in total. The summed E-state index contributed by atoms with van der Waals surface area (Å²) in [6.45, 7) is 6.34. The largest absolute Gasteiger partial charge is 0.486 e. The quantitative estimate of drug-likeness (QED) is 0.444. The molecule has 0 amide bonds. The molecule has 0 radical (unpaired) electrons.